The Morgan fingerprint density at radius 2 is 1.51 bits per heavy atom. The van der Waals surface area contributed by atoms with Crippen molar-refractivity contribution in [1.82, 2.24) is 20.7 Å². The first-order chi connectivity index (χ1) is 19.4. The van der Waals surface area contributed by atoms with Gasteiger partial charge in [0.15, 0.2) is 0 Å². The van der Waals surface area contributed by atoms with E-state index in [4.69, 9.17) is 5.73 Å². The maximum Gasteiger partial charge on any atom is 0.253 e. The van der Waals surface area contributed by atoms with Gasteiger partial charge >= 0.3 is 0 Å². The second-order valence-corrected chi connectivity index (χ2v) is 10.8. The van der Waals surface area contributed by atoms with Crippen molar-refractivity contribution in [2.75, 3.05) is 26.7 Å². The number of rotatable bonds is 16. The number of hydrogen-bond acceptors (Lipinski definition) is 6. The van der Waals surface area contributed by atoms with Crippen LogP contribution in [-0.2, 0) is 11.2 Å². The van der Waals surface area contributed by atoms with E-state index >= 15 is 0 Å². The first kappa shape index (κ1) is 33.4. The SMILES string of the molecule is CCCN(CCC)C(=O)c1cc(C(N)=O)cc(C(=O)NC(Cc2ccccc2)C(O)CN(C)NC(=O)CC(C)C)c1. The van der Waals surface area contributed by atoms with E-state index < -0.39 is 24.0 Å². The third kappa shape index (κ3) is 11.0. The number of primary amides is 1. The van der Waals surface area contributed by atoms with Gasteiger partial charge in [0.2, 0.25) is 11.8 Å². The van der Waals surface area contributed by atoms with Crippen molar-refractivity contribution in [2.24, 2.45) is 11.7 Å². The van der Waals surface area contributed by atoms with Crippen molar-refractivity contribution in [2.45, 2.75) is 65.5 Å². The Bertz CT molecular complexity index is 1160. The van der Waals surface area contributed by atoms with Gasteiger partial charge in [0.25, 0.3) is 11.8 Å². The van der Waals surface area contributed by atoms with E-state index in [9.17, 15) is 24.3 Å². The van der Waals surface area contributed by atoms with Crippen LogP contribution in [0.25, 0.3) is 0 Å². The van der Waals surface area contributed by atoms with E-state index in [1.165, 1.54) is 23.2 Å². The van der Waals surface area contributed by atoms with Gasteiger partial charge in [-0.2, -0.15) is 0 Å². The van der Waals surface area contributed by atoms with Gasteiger partial charge < -0.3 is 21.1 Å². The Kier molecular flexibility index (Phi) is 13.5. The molecule has 0 radical (unpaired) electrons. The van der Waals surface area contributed by atoms with Crippen LogP contribution in [0.2, 0.25) is 0 Å². The lowest BCUT2D eigenvalue weighted by atomic mass is 9.99. The van der Waals surface area contributed by atoms with Crippen molar-refractivity contribution >= 4 is 23.6 Å². The van der Waals surface area contributed by atoms with Crippen molar-refractivity contribution in [1.29, 1.82) is 0 Å². The quantitative estimate of drug-likeness (QED) is 0.230. The molecule has 41 heavy (non-hydrogen) atoms. The number of likely N-dealkylation sites (N-methyl/N-ethyl adjacent to an activating group) is 1. The fourth-order valence-electron chi connectivity index (χ4n) is 4.55. The van der Waals surface area contributed by atoms with Crippen LogP contribution in [0.1, 0.15) is 83.6 Å². The topological polar surface area (TPSA) is 145 Å². The van der Waals surface area contributed by atoms with E-state index in [-0.39, 0.29) is 41.0 Å². The Morgan fingerprint density at radius 1 is 0.927 bits per heavy atom. The van der Waals surface area contributed by atoms with Gasteiger partial charge in [-0.1, -0.05) is 58.0 Å². The Balaban J connectivity index is 2.33. The van der Waals surface area contributed by atoms with Crippen LogP contribution in [0.5, 0.6) is 0 Å². The molecule has 2 aromatic carbocycles. The van der Waals surface area contributed by atoms with Crippen molar-refractivity contribution < 1.29 is 24.3 Å². The highest BCUT2D eigenvalue weighted by Gasteiger charge is 2.26. The summed E-state index contributed by atoms with van der Waals surface area (Å²) >= 11 is 0. The van der Waals surface area contributed by atoms with Crippen molar-refractivity contribution in [3.05, 3.63) is 70.8 Å². The number of benzene rings is 2. The van der Waals surface area contributed by atoms with Crippen LogP contribution in [-0.4, -0.2) is 77.5 Å². The summed E-state index contributed by atoms with van der Waals surface area (Å²) in [6.07, 6.45) is 1.12. The molecule has 2 atom stereocenters. The van der Waals surface area contributed by atoms with Gasteiger partial charge in [-0.15, -0.1) is 0 Å². The average molecular weight is 568 g/mol. The van der Waals surface area contributed by atoms with E-state index in [0.717, 1.165) is 18.4 Å². The zero-order chi connectivity index (χ0) is 30.5. The van der Waals surface area contributed by atoms with E-state index in [1.807, 2.05) is 58.0 Å². The summed E-state index contributed by atoms with van der Waals surface area (Å²) in [5.74, 6) is -1.59. The number of aliphatic hydroxyl groups excluding tert-OH is 1. The number of amides is 4. The van der Waals surface area contributed by atoms with E-state index in [1.54, 1.807) is 11.9 Å². The normalized spacial score (nSPS) is 12.6. The lowest BCUT2D eigenvalue weighted by molar-refractivity contribution is -0.126. The monoisotopic (exact) mass is 567 g/mol. The smallest absolute Gasteiger partial charge is 0.253 e. The molecule has 2 aromatic rings. The molecule has 4 amide bonds. The molecule has 10 nitrogen and oxygen atoms in total. The highest BCUT2D eigenvalue weighted by atomic mass is 16.3. The molecule has 224 valence electrons. The predicted molar refractivity (Wildman–Crippen MR) is 159 cm³/mol. The summed E-state index contributed by atoms with van der Waals surface area (Å²) in [5, 5.41) is 15.5. The minimum Gasteiger partial charge on any atom is -0.390 e. The first-order valence-electron chi connectivity index (χ1n) is 14.2. The number of nitrogens with zero attached hydrogens (tertiary/aromatic N) is 2. The molecule has 10 heteroatoms. The highest BCUT2D eigenvalue weighted by molar-refractivity contribution is 6.04. The molecule has 0 spiro atoms. The van der Waals surface area contributed by atoms with Gasteiger partial charge in [0.05, 0.1) is 12.1 Å². The van der Waals surface area contributed by atoms with E-state index in [2.05, 4.69) is 10.7 Å². The average Bonchev–Trinajstić information content (AvgIpc) is 2.91. The lowest BCUT2D eigenvalue weighted by Gasteiger charge is -2.28. The minimum atomic E-state index is -1.06. The molecule has 0 heterocycles. The molecule has 2 rings (SSSR count). The molecular formula is C31H45N5O5. The second kappa shape index (κ2) is 16.5. The van der Waals surface area contributed by atoms with Crippen LogP contribution in [0.3, 0.4) is 0 Å². The van der Waals surface area contributed by atoms with Gasteiger partial charge in [-0.25, -0.2) is 5.01 Å². The van der Waals surface area contributed by atoms with Crippen LogP contribution in [0.4, 0.5) is 0 Å². The van der Waals surface area contributed by atoms with Gasteiger partial charge in [0, 0.05) is 49.8 Å². The molecule has 2 unspecified atom stereocenters. The first-order valence-corrected chi connectivity index (χ1v) is 14.2. The number of nitrogens with two attached hydrogens (primary N) is 1. The summed E-state index contributed by atoms with van der Waals surface area (Å²) < 4.78 is 0. The third-order valence-corrected chi connectivity index (χ3v) is 6.45. The number of hydrazine groups is 1. The largest absolute Gasteiger partial charge is 0.390 e. The molecule has 0 aromatic heterocycles. The number of carbonyl (C=O) groups is 4. The molecule has 0 bridgehead atoms. The minimum absolute atomic E-state index is 0.0432. The van der Waals surface area contributed by atoms with Gasteiger partial charge in [-0.3, -0.25) is 24.6 Å². The maximum absolute atomic E-state index is 13.5. The summed E-state index contributed by atoms with van der Waals surface area (Å²) in [5.41, 5.74) is 9.50. The standard InChI is InChI=1S/C31H45N5O5/c1-6-13-36(14-7-2)31(41)25-18-23(29(32)39)17-24(19-25)30(40)33-26(16-22-11-9-8-10-12-22)27(37)20-35(5)34-28(38)15-21(3)4/h8-12,17-19,21,26-27,37H,6-7,13-16,20H2,1-5H3,(H2,32,39)(H,33,40)(H,34,38). The van der Waals surface area contributed by atoms with Crippen LogP contribution in [0.15, 0.2) is 48.5 Å². The number of aliphatic hydroxyl groups is 1. The van der Waals surface area contributed by atoms with Crippen molar-refractivity contribution in [3.63, 3.8) is 0 Å². The zero-order valence-corrected chi connectivity index (χ0v) is 24.9. The highest BCUT2D eigenvalue weighted by Crippen LogP contribution is 2.16. The summed E-state index contributed by atoms with van der Waals surface area (Å²) in [4.78, 5) is 52.8. The molecule has 5 N–H and O–H groups in total. The number of hydrogen-bond donors (Lipinski definition) is 4. The van der Waals surface area contributed by atoms with Crippen LogP contribution < -0.4 is 16.5 Å². The lowest BCUT2D eigenvalue weighted by Crippen LogP contribution is -2.52. The fraction of sp³-hybridized carbons (Fsp3) is 0.484. The molecule has 0 aliphatic rings. The maximum atomic E-state index is 13.5. The number of carbonyl (C=O) groups excluding carboxylic acids is 4. The molecule has 0 aliphatic carbocycles. The fourth-order valence-corrected chi connectivity index (χ4v) is 4.55. The molecular weight excluding hydrogens is 522 g/mol. The number of nitrogens with one attached hydrogen (secondary N) is 2. The van der Waals surface area contributed by atoms with Gasteiger partial charge in [0.1, 0.15) is 0 Å². The second-order valence-electron chi connectivity index (χ2n) is 10.8. The predicted octanol–water partition coefficient (Wildman–Crippen LogP) is 2.76. The summed E-state index contributed by atoms with van der Waals surface area (Å²) in [7, 11) is 1.65. The van der Waals surface area contributed by atoms with Crippen LogP contribution in [0, 0.1) is 5.92 Å². The summed E-state index contributed by atoms with van der Waals surface area (Å²) in [6, 6.07) is 12.8. The van der Waals surface area contributed by atoms with Gasteiger partial charge in [-0.05, 0) is 48.9 Å². The zero-order valence-electron chi connectivity index (χ0n) is 24.9. The Hall–Kier alpha value is -3.76. The third-order valence-electron chi connectivity index (χ3n) is 6.45. The summed E-state index contributed by atoms with van der Waals surface area (Å²) in [6.45, 7) is 8.97. The Morgan fingerprint density at radius 3 is 2.07 bits per heavy atom. The van der Waals surface area contributed by atoms with Crippen LogP contribution >= 0.6 is 0 Å². The van der Waals surface area contributed by atoms with E-state index in [0.29, 0.717) is 25.9 Å². The molecule has 0 fully saturated rings. The molecule has 0 saturated heterocycles. The molecule has 0 aliphatic heterocycles. The van der Waals surface area contributed by atoms with Crippen molar-refractivity contribution in [3.8, 4) is 0 Å². The Labute approximate surface area is 243 Å². The molecule has 0 saturated carbocycles.